The molecule has 0 amide bonds. The fraction of sp³-hybridized carbons (Fsp3) is 0. The van der Waals surface area contributed by atoms with E-state index in [9.17, 15) is 10.0 Å². The van der Waals surface area contributed by atoms with Crippen molar-refractivity contribution in [2.75, 3.05) is 0 Å². The van der Waals surface area contributed by atoms with Crippen LogP contribution in [0, 0.1) is 0 Å². The van der Waals surface area contributed by atoms with Crippen molar-refractivity contribution >= 4 is 174 Å². The third-order valence-corrected chi connectivity index (χ3v) is 21.1. The number of fused-ring (bicyclic) bond motifs is 11. The van der Waals surface area contributed by atoms with Crippen molar-refractivity contribution in [1.29, 1.82) is 0 Å². The second-order valence-corrected chi connectivity index (χ2v) is 27.5. The zero-order valence-corrected chi connectivity index (χ0v) is 56.8. The van der Waals surface area contributed by atoms with E-state index in [-0.39, 0.29) is 0 Å². The summed E-state index contributed by atoms with van der Waals surface area (Å²) in [6.07, 6.45) is 0. The minimum Gasteiger partial charge on any atom is -0.423 e. The molecule has 0 unspecified atom stereocenters. The standard InChI is InChI=1S/C56H34.C20H15BO2.C18H10Br2/c1-3-15-35(16-4-1)53-43-19-7-11-23-47(43)55(48-24-12-8-20-44(48)53)41-31-37-27-29-39-33-42(34-40-30-28-38(32-41)51(37)52(39)40)56-49-25-13-9-21-45(49)54(36-17-5-2-6-18-36)46-22-10-14-26-50(46)56;22-21(23)20-17-12-6-4-10-15(17)19(14-8-2-1-3-9-14)16-11-5-7-13-18(16)20;19-13-3-7-15-11(9-13)1-5-17-16-8-4-14(20)10-12(16)2-6-18(15)17/h1-34H;1-13,22-23H;1-10H. The zero-order chi connectivity index (χ0) is 66.2. The van der Waals surface area contributed by atoms with Gasteiger partial charge in [0, 0.05) is 8.95 Å². The van der Waals surface area contributed by atoms with E-state index in [1.165, 1.54) is 152 Å². The van der Waals surface area contributed by atoms with Crippen LogP contribution in [0.4, 0.5) is 0 Å². The van der Waals surface area contributed by atoms with Crippen molar-refractivity contribution in [2.45, 2.75) is 0 Å². The molecule has 0 atom stereocenters. The van der Waals surface area contributed by atoms with Gasteiger partial charge in [0.1, 0.15) is 0 Å². The Morgan fingerprint density at radius 2 is 0.404 bits per heavy atom. The molecule has 0 bridgehead atoms. The molecule has 99 heavy (non-hydrogen) atoms. The number of hydrogen-bond acceptors (Lipinski definition) is 2. The Labute approximate surface area is 589 Å². The smallest absolute Gasteiger partial charge is 0.423 e. The van der Waals surface area contributed by atoms with Gasteiger partial charge in [-0.3, -0.25) is 0 Å². The molecule has 0 aromatic heterocycles. The van der Waals surface area contributed by atoms with Gasteiger partial charge in [0.15, 0.2) is 0 Å². The van der Waals surface area contributed by atoms with E-state index in [4.69, 9.17) is 0 Å². The first-order valence-corrected chi connectivity index (χ1v) is 35.1. The van der Waals surface area contributed by atoms with Gasteiger partial charge in [-0.05, 0) is 239 Å². The van der Waals surface area contributed by atoms with Crippen LogP contribution in [0.2, 0.25) is 0 Å². The zero-order valence-electron chi connectivity index (χ0n) is 53.6. The van der Waals surface area contributed by atoms with Gasteiger partial charge in [0.25, 0.3) is 0 Å². The minimum absolute atomic E-state index is 0.566. The minimum atomic E-state index is -1.50. The van der Waals surface area contributed by atoms with Gasteiger partial charge in [-0.25, -0.2) is 0 Å². The van der Waals surface area contributed by atoms with E-state index in [2.05, 4.69) is 311 Å². The predicted molar refractivity (Wildman–Crippen MR) is 433 cm³/mol. The predicted octanol–water partition coefficient (Wildman–Crippen LogP) is 25.9. The van der Waals surface area contributed by atoms with Crippen molar-refractivity contribution in [3.05, 3.63) is 355 Å². The summed E-state index contributed by atoms with van der Waals surface area (Å²) in [5.41, 5.74) is 13.0. The Morgan fingerprint density at radius 3 is 0.677 bits per heavy atom. The molecule has 20 aromatic carbocycles. The lowest BCUT2D eigenvalue weighted by molar-refractivity contribution is 0.426. The number of benzene rings is 20. The van der Waals surface area contributed by atoms with Crippen LogP contribution in [0.5, 0.6) is 0 Å². The largest absolute Gasteiger partial charge is 0.489 e. The highest BCUT2D eigenvalue weighted by Crippen LogP contribution is 2.49. The molecule has 5 heteroatoms. The summed E-state index contributed by atoms with van der Waals surface area (Å²) < 4.78 is 2.24. The summed E-state index contributed by atoms with van der Waals surface area (Å²) in [5, 5.41) is 49.4. The lowest BCUT2D eigenvalue weighted by Crippen LogP contribution is -2.31. The van der Waals surface area contributed by atoms with E-state index >= 15 is 0 Å². The monoisotopic (exact) mass is 1390 g/mol. The Bertz CT molecular complexity index is 6040. The summed E-state index contributed by atoms with van der Waals surface area (Å²) in [5.74, 6) is 0. The maximum atomic E-state index is 9.94. The van der Waals surface area contributed by atoms with Crippen LogP contribution in [-0.2, 0) is 0 Å². The third kappa shape index (κ3) is 10.4. The fourth-order valence-electron chi connectivity index (χ4n) is 16.0. The van der Waals surface area contributed by atoms with E-state index in [1.54, 1.807) is 0 Å². The lowest BCUT2D eigenvalue weighted by atomic mass is 9.72. The van der Waals surface area contributed by atoms with Crippen molar-refractivity contribution in [3.63, 3.8) is 0 Å². The molecule has 464 valence electrons. The van der Waals surface area contributed by atoms with Gasteiger partial charge in [-0.1, -0.05) is 329 Å². The molecule has 0 aliphatic heterocycles. The van der Waals surface area contributed by atoms with Crippen molar-refractivity contribution in [2.24, 2.45) is 0 Å². The van der Waals surface area contributed by atoms with Crippen LogP contribution in [0.15, 0.2) is 355 Å². The Kier molecular flexibility index (Phi) is 15.2. The average Bonchev–Trinajstić information content (AvgIpc) is 0.699. The highest BCUT2D eigenvalue weighted by molar-refractivity contribution is 9.10. The topological polar surface area (TPSA) is 40.5 Å². The maximum absolute atomic E-state index is 9.94. The average molecular weight is 1390 g/mol. The van der Waals surface area contributed by atoms with Crippen molar-refractivity contribution in [3.8, 4) is 55.6 Å². The summed E-state index contributed by atoms with van der Waals surface area (Å²) in [6.45, 7) is 0. The van der Waals surface area contributed by atoms with Crippen LogP contribution in [0.1, 0.15) is 0 Å². The second-order valence-electron chi connectivity index (χ2n) is 25.7. The molecule has 0 radical (unpaired) electrons. The summed E-state index contributed by atoms with van der Waals surface area (Å²) in [7, 11) is -1.50. The van der Waals surface area contributed by atoms with Gasteiger partial charge in [0.05, 0.1) is 0 Å². The van der Waals surface area contributed by atoms with Crippen LogP contribution in [-0.4, -0.2) is 17.2 Å². The summed E-state index contributed by atoms with van der Waals surface area (Å²) in [6, 6.07) is 124. The summed E-state index contributed by atoms with van der Waals surface area (Å²) in [4.78, 5) is 0. The van der Waals surface area contributed by atoms with Gasteiger partial charge in [-0.2, -0.15) is 0 Å². The highest BCUT2D eigenvalue weighted by Gasteiger charge is 2.24. The quantitative estimate of drug-likeness (QED) is 0.0990. The van der Waals surface area contributed by atoms with E-state index in [0.717, 1.165) is 41.6 Å². The van der Waals surface area contributed by atoms with Gasteiger partial charge < -0.3 is 10.0 Å². The first-order valence-electron chi connectivity index (χ1n) is 33.6. The van der Waals surface area contributed by atoms with E-state index in [1.807, 2.05) is 66.7 Å². The van der Waals surface area contributed by atoms with E-state index < -0.39 is 7.12 Å². The molecular weight excluding hydrogens is 1330 g/mol. The molecule has 20 aromatic rings. The first kappa shape index (κ1) is 60.2. The molecule has 20 rings (SSSR count). The van der Waals surface area contributed by atoms with E-state index in [0.29, 0.717) is 5.46 Å². The normalized spacial score (nSPS) is 11.6. The number of halogens is 2. The Balaban J connectivity index is 0.000000134. The van der Waals surface area contributed by atoms with Crippen LogP contribution < -0.4 is 5.46 Å². The highest BCUT2D eigenvalue weighted by atomic mass is 79.9. The van der Waals surface area contributed by atoms with Crippen LogP contribution in [0.25, 0.3) is 185 Å². The van der Waals surface area contributed by atoms with Gasteiger partial charge in [0.2, 0.25) is 0 Å². The maximum Gasteiger partial charge on any atom is 0.489 e. The molecule has 0 heterocycles. The van der Waals surface area contributed by atoms with Gasteiger partial charge >= 0.3 is 7.12 Å². The molecule has 2 nitrogen and oxygen atoms in total. The molecule has 0 fully saturated rings. The SMILES string of the molecule is Brc1ccc2c(ccc3c4ccc(Br)cc4ccc23)c1.OB(O)c1c2ccccc2c(-c2ccccc2)c2ccccc12.c1ccc(-c2c3ccccc3c(-c3cc4ccc5cc(-c6c7ccccc7c(-c7ccccc7)c7ccccc67)cc6ccc(c3)c4c56)c3ccccc23)cc1. The molecule has 0 aliphatic rings. The molecule has 0 saturated carbocycles. The molecule has 0 spiro atoms. The second kappa shape index (κ2) is 25.0. The molecule has 2 N–H and O–H groups in total. The lowest BCUT2D eigenvalue weighted by Gasteiger charge is -2.20. The van der Waals surface area contributed by atoms with Gasteiger partial charge in [-0.15, -0.1) is 0 Å². The fourth-order valence-corrected chi connectivity index (χ4v) is 16.8. The van der Waals surface area contributed by atoms with Crippen LogP contribution >= 0.6 is 31.9 Å². The Morgan fingerprint density at radius 1 is 0.182 bits per heavy atom. The Hall–Kier alpha value is -11.3. The van der Waals surface area contributed by atoms with Crippen molar-refractivity contribution in [1.82, 2.24) is 0 Å². The number of hydrogen-bond donors (Lipinski definition) is 2. The molecule has 0 saturated heterocycles. The number of rotatable bonds is 6. The third-order valence-electron chi connectivity index (χ3n) is 20.1. The molecule has 0 aliphatic carbocycles. The van der Waals surface area contributed by atoms with Crippen molar-refractivity contribution < 1.29 is 10.0 Å². The first-order chi connectivity index (χ1) is 48.8. The molecular formula is C94H59BBr2O2. The van der Waals surface area contributed by atoms with Crippen LogP contribution in [0.3, 0.4) is 0 Å². The summed E-state index contributed by atoms with van der Waals surface area (Å²) >= 11 is 7.08.